The molecule has 0 bridgehead atoms. The number of urea groups is 1. The molecule has 7 nitrogen and oxygen atoms in total. The minimum absolute atomic E-state index is 0.00735. The van der Waals surface area contributed by atoms with E-state index in [0.29, 0.717) is 13.1 Å². The van der Waals surface area contributed by atoms with E-state index < -0.39 is 23.3 Å². The Morgan fingerprint density at radius 3 is 2.50 bits per heavy atom. The zero-order chi connectivity index (χ0) is 15.3. The van der Waals surface area contributed by atoms with Gasteiger partial charge in [0, 0.05) is 26.6 Å². The normalized spacial score (nSPS) is 18.9. The van der Waals surface area contributed by atoms with Crippen molar-refractivity contribution in [3.8, 4) is 0 Å². The minimum atomic E-state index is -0.961. The number of nitrogens with one attached hydrogen (secondary N) is 1. The number of hydrogen-bond acceptors (Lipinski definition) is 4. The molecule has 0 radical (unpaired) electrons. The van der Waals surface area contributed by atoms with E-state index in [-0.39, 0.29) is 18.9 Å². The lowest BCUT2D eigenvalue weighted by Crippen LogP contribution is -2.43. The maximum Gasteiger partial charge on any atom is 0.324 e. The number of nitrogens with zero attached hydrogens (tertiary/aromatic N) is 1. The third-order valence-electron chi connectivity index (χ3n) is 3.28. The van der Waals surface area contributed by atoms with Crippen LogP contribution in [0.25, 0.3) is 0 Å². The van der Waals surface area contributed by atoms with E-state index in [2.05, 4.69) is 5.32 Å². The van der Waals surface area contributed by atoms with Crippen molar-refractivity contribution in [2.24, 2.45) is 5.41 Å². The number of likely N-dealkylation sites (tertiary alicyclic amines) is 1. The molecule has 1 unspecified atom stereocenters. The van der Waals surface area contributed by atoms with Crippen molar-refractivity contribution in [2.75, 3.05) is 20.2 Å². The average Bonchev–Trinajstić information content (AvgIpc) is 2.74. The van der Waals surface area contributed by atoms with Crippen LogP contribution in [0.4, 0.5) is 4.79 Å². The van der Waals surface area contributed by atoms with Crippen LogP contribution in [0.1, 0.15) is 33.1 Å². The second kappa shape index (κ2) is 6.69. The van der Waals surface area contributed by atoms with E-state index in [1.807, 2.05) is 0 Å². The molecule has 1 aliphatic heterocycles. The average molecular weight is 286 g/mol. The summed E-state index contributed by atoms with van der Waals surface area (Å²) in [5.41, 5.74) is -0.684. The molecule has 7 heteroatoms. The van der Waals surface area contributed by atoms with Crippen molar-refractivity contribution in [3.05, 3.63) is 0 Å². The highest BCUT2D eigenvalue weighted by molar-refractivity contribution is 5.94. The lowest BCUT2D eigenvalue weighted by molar-refractivity contribution is -0.139. The zero-order valence-corrected chi connectivity index (χ0v) is 12.1. The van der Waals surface area contributed by atoms with Crippen LogP contribution in [0.15, 0.2) is 0 Å². The second-order valence-electron chi connectivity index (χ2n) is 5.86. The van der Waals surface area contributed by atoms with Gasteiger partial charge in [0.25, 0.3) is 0 Å². The van der Waals surface area contributed by atoms with Crippen LogP contribution in [0, 0.1) is 5.41 Å². The van der Waals surface area contributed by atoms with Gasteiger partial charge in [-0.1, -0.05) is 13.8 Å². The van der Waals surface area contributed by atoms with Crippen molar-refractivity contribution in [1.29, 1.82) is 0 Å². The third-order valence-corrected chi connectivity index (χ3v) is 3.28. The van der Waals surface area contributed by atoms with E-state index >= 15 is 0 Å². The number of amides is 3. The fraction of sp³-hybridized carbons (Fsp3) is 0.769. The SMILES string of the molecule is COC1CCN(C(=O)NC(=O)CC(C)(C)CC(=O)O)C1. The summed E-state index contributed by atoms with van der Waals surface area (Å²) in [6.07, 6.45) is 0.638. The first-order valence-electron chi connectivity index (χ1n) is 6.57. The number of carbonyl (C=O) groups is 3. The van der Waals surface area contributed by atoms with Gasteiger partial charge < -0.3 is 14.7 Å². The first kappa shape index (κ1) is 16.4. The number of carbonyl (C=O) groups excluding carboxylic acids is 2. The number of carboxylic acids is 1. The Kier molecular flexibility index (Phi) is 5.50. The molecule has 1 rings (SSSR count). The van der Waals surface area contributed by atoms with E-state index in [1.165, 1.54) is 4.90 Å². The highest BCUT2D eigenvalue weighted by Gasteiger charge is 2.29. The Hall–Kier alpha value is -1.63. The number of carboxylic acid groups (broad SMARTS) is 1. The predicted octanol–water partition coefficient (Wildman–Crippen LogP) is 0.834. The lowest BCUT2D eigenvalue weighted by Gasteiger charge is -2.22. The van der Waals surface area contributed by atoms with Crippen molar-refractivity contribution in [2.45, 2.75) is 39.2 Å². The van der Waals surface area contributed by atoms with Gasteiger partial charge in [-0.3, -0.25) is 14.9 Å². The summed E-state index contributed by atoms with van der Waals surface area (Å²) in [7, 11) is 1.59. The molecule has 0 aromatic carbocycles. The highest BCUT2D eigenvalue weighted by atomic mass is 16.5. The fourth-order valence-corrected chi connectivity index (χ4v) is 2.25. The van der Waals surface area contributed by atoms with Crippen LogP contribution < -0.4 is 5.32 Å². The molecule has 3 amide bonds. The third kappa shape index (κ3) is 5.16. The number of rotatable bonds is 5. The summed E-state index contributed by atoms with van der Waals surface area (Å²) in [5, 5.41) is 11.0. The second-order valence-corrected chi connectivity index (χ2v) is 5.86. The molecule has 1 saturated heterocycles. The molecule has 1 heterocycles. The standard InChI is InChI=1S/C13H22N2O5/c1-13(2,7-11(17)18)6-10(16)14-12(19)15-5-4-9(8-15)20-3/h9H,4-8H2,1-3H3,(H,17,18)(H,14,16,19). The summed E-state index contributed by atoms with van der Waals surface area (Å²) in [4.78, 5) is 35.8. The number of hydrogen-bond donors (Lipinski definition) is 2. The molecule has 0 aromatic rings. The molecular formula is C13H22N2O5. The van der Waals surface area contributed by atoms with E-state index in [1.54, 1.807) is 21.0 Å². The van der Waals surface area contributed by atoms with E-state index in [4.69, 9.17) is 9.84 Å². The number of imide groups is 1. The van der Waals surface area contributed by atoms with Gasteiger partial charge in [0.15, 0.2) is 0 Å². The van der Waals surface area contributed by atoms with Gasteiger partial charge in [0.2, 0.25) is 5.91 Å². The van der Waals surface area contributed by atoms with E-state index in [9.17, 15) is 14.4 Å². The molecule has 0 aromatic heterocycles. The van der Waals surface area contributed by atoms with Crippen molar-refractivity contribution < 1.29 is 24.2 Å². The monoisotopic (exact) mass is 286 g/mol. The molecule has 0 saturated carbocycles. The first-order valence-corrected chi connectivity index (χ1v) is 6.57. The predicted molar refractivity (Wildman–Crippen MR) is 71.2 cm³/mol. The Labute approximate surface area is 118 Å². The zero-order valence-electron chi connectivity index (χ0n) is 12.1. The van der Waals surface area contributed by atoms with Crippen molar-refractivity contribution in [3.63, 3.8) is 0 Å². The summed E-state index contributed by atoms with van der Waals surface area (Å²) < 4.78 is 5.15. The molecule has 1 fully saturated rings. The molecule has 1 atom stereocenters. The Morgan fingerprint density at radius 1 is 1.35 bits per heavy atom. The molecule has 20 heavy (non-hydrogen) atoms. The number of aliphatic carboxylic acids is 1. The molecule has 2 N–H and O–H groups in total. The van der Waals surface area contributed by atoms with Crippen LogP contribution in [-0.2, 0) is 14.3 Å². The van der Waals surface area contributed by atoms with Crippen LogP contribution in [0.2, 0.25) is 0 Å². The van der Waals surface area contributed by atoms with Crippen LogP contribution in [-0.4, -0.2) is 54.2 Å². The summed E-state index contributed by atoms with van der Waals surface area (Å²) in [6.45, 7) is 4.38. The molecule has 1 aliphatic rings. The fourth-order valence-electron chi connectivity index (χ4n) is 2.25. The molecule has 0 spiro atoms. The maximum atomic E-state index is 11.8. The van der Waals surface area contributed by atoms with Crippen LogP contribution >= 0.6 is 0 Å². The van der Waals surface area contributed by atoms with Gasteiger partial charge in [-0.25, -0.2) is 4.79 Å². The molecule has 114 valence electrons. The van der Waals surface area contributed by atoms with Crippen LogP contribution in [0.3, 0.4) is 0 Å². The van der Waals surface area contributed by atoms with Gasteiger partial charge in [-0.2, -0.15) is 0 Å². The Bertz CT molecular complexity index is 394. The van der Waals surface area contributed by atoms with Crippen molar-refractivity contribution >= 4 is 17.9 Å². The Morgan fingerprint density at radius 2 is 2.00 bits per heavy atom. The highest BCUT2D eigenvalue weighted by Crippen LogP contribution is 2.24. The quantitative estimate of drug-likeness (QED) is 0.780. The number of methoxy groups -OCH3 is 1. The lowest BCUT2D eigenvalue weighted by atomic mass is 9.85. The number of ether oxygens (including phenoxy) is 1. The van der Waals surface area contributed by atoms with Gasteiger partial charge >= 0.3 is 12.0 Å². The smallest absolute Gasteiger partial charge is 0.324 e. The van der Waals surface area contributed by atoms with Gasteiger partial charge in [-0.05, 0) is 11.8 Å². The van der Waals surface area contributed by atoms with Crippen LogP contribution in [0.5, 0.6) is 0 Å². The minimum Gasteiger partial charge on any atom is -0.481 e. The Balaban J connectivity index is 2.42. The topological polar surface area (TPSA) is 95.9 Å². The first-order chi connectivity index (χ1) is 9.23. The summed E-state index contributed by atoms with van der Waals surface area (Å²) in [6, 6.07) is -0.444. The largest absolute Gasteiger partial charge is 0.481 e. The molecule has 0 aliphatic carbocycles. The summed E-state index contributed by atoms with van der Waals surface area (Å²) in [5.74, 6) is -1.42. The van der Waals surface area contributed by atoms with Crippen molar-refractivity contribution in [1.82, 2.24) is 10.2 Å². The molecular weight excluding hydrogens is 264 g/mol. The van der Waals surface area contributed by atoms with E-state index in [0.717, 1.165) is 6.42 Å². The van der Waals surface area contributed by atoms with Gasteiger partial charge in [-0.15, -0.1) is 0 Å². The van der Waals surface area contributed by atoms with Gasteiger partial charge in [0.05, 0.1) is 12.5 Å². The maximum absolute atomic E-state index is 11.8. The summed E-state index contributed by atoms with van der Waals surface area (Å²) >= 11 is 0. The van der Waals surface area contributed by atoms with Gasteiger partial charge in [0.1, 0.15) is 0 Å².